The summed E-state index contributed by atoms with van der Waals surface area (Å²) in [5.74, 6) is 1.12. The maximum atomic E-state index is 4.42. The van der Waals surface area contributed by atoms with Gasteiger partial charge in [-0.25, -0.2) is 4.99 Å². The minimum atomic E-state index is 1.02. The van der Waals surface area contributed by atoms with Gasteiger partial charge in [0.25, 0.3) is 0 Å². The normalized spacial score (nSPS) is 19.0. The molecular formula is C10H16N2. The lowest BCUT2D eigenvalue weighted by molar-refractivity contribution is 0.298. The van der Waals surface area contributed by atoms with E-state index >= 15 is 0 Å². The third-order valence-corrected chi connectivity index (χ3v) is 2.01. The predicted octanol–water partition coefficient (Wildman–Crippen LogP) is 2.20. The maximum Gasteiger partial charge on any atom is 0.101 e. The second-order valence-corrected chi connectivity index (χ2v) is 3.04. The molecule has 0 aromatic rings. The van der Waals surface area contributed by atoms with Gasteiger partial charge in [0.05, 0.1) is 0 Å². The van der Waals surface area contributed by atoms with Gasteiger partial charge in [0.2, 0.25) is 0 Å². The van der Waals surface area contributed by atoms with Crippen molar-refractivity contribution < 1.29 is 0 Å². The Morgan fingerprint density at radius 3 is 2.50 bits per heavy atom. The molecule has 1 rings (SSSR count). The molecule has 0 N–H and O–H groups in total. The zero-order valence-electron chi connectivity index (χ0n) is 7.88. The molecule has 0 atom stereocenters. The second-order valence-electron chi connectivity index (χ2n) is 3.04. The number of aliphatic imine (C=N–C) groups is 1. The zero-order chi connectivity index (χ0) is 8.97. The first-order chi connectivity index (χ1) is 5.74. The molecule has 1 heterocycles. The van der Waals surface area contributed by atoms with Gasteiger partial charge >= 0.3 is 0 Å². The first-order valence-electron chi connectivity index (χ1n) is 4.33. The fourth-order valence-electron chi connectivity index (χ4n) is 1.17. The van der Waals surface area contributed by atoms with Crippen molar-refractivity contribution in [3.8, 4) is 0 Å². The second kappa shape index (κ2) is 4.10. The molecule has 1 saturated heterocycles. The van der Waals surface area contributed by atoms with E-state index in [1.807, 2.05) is 13.0 Å². The Balaban J connectivity index is 2.53. The van der Waals surface area contributed by atoms with Gasteiger partial charge in [0, 0.05) is 18.8 Å². The third kappa shape index (κ3) is 2.22. The van der Waals surface area contributed by atoms with Crippen molar-refractivity contribution in [1.82, 2.24) is 4.90 Å². The summed E-state index contributed by atoms with van der Waals surface area (Å²) in [4.78, 5) is 6.70. The van der Waals surface area contributed by atoms with Crippen molar-refractivity contribution in [2.24, 2.45) is 4.99 Å². The van der Waals surface area contributed by atoms with E-state index in [-0.39, 0.29) is 0 Å². The van der Waals surface area contributed by atoms with Gasteiger partial charge in [0.15, 0.2) is 0 Å². The maximum absolute atomic E-state index is 4.42. The van der Waals surface area contributed by atoms with Crippen molar-refractivity contribution in [3.05, 3.63) is 24.4 Å². The Kier molecular flexibility index (Phi) is 3.09. The molecule has 66 valence electrons. The summed E-state index contributed by atoms with van der Waals surface area (Å²) >= 11 is 0. The minimum absolute atomic E-state index is 1.02. The lowest BCUT2D eigenvalue weighted by Gasteiger charge is -2.32. The summed E-state index contributed by atoms with van der Waals surface area (Å²) in [6.45, 7) is 10.0. The van der Waals surface area contributed by atoms with Gasteiger partial charge in [-0.1, -0.05) is 12.7 Å². The Hall–Kier alpha value is -1.05. The summed E-state index contributed by atoms with van der Waals surface area (Å²) in [5, 5.41) is 0. The van der Waals surface area contributed by atoms with Crippen molar-refractivity contribution >= 4 is 5.84 Å². The molecule has 1 aliphatic rings. The van der Waals surface area contributed by atoms with Crippen molar-refractivity contribution in [2.45, 2.75) is 20.3 Å². The lowest BCUT2D eigenvalue weighted by Crippen LogP contribution is -2.40. The molecule has 0 saturated carbocycles. The van der Waals surface area contributed by atoms with Crippen LogP contribution in [0.2, 0.25) is 0 Å². The largest absolute Gasteiger partial charge is 0.360 e. The van der Waals surface area contributed by atoms with Crippen LogP contribution in [0.1, 0.15) is 20.3 Å². The molecule has 0 aromatic carbocycles. The van der Waals surface area contributed by atoms with E-state index in [0.29, 0.717) is 0 Å². The van der Waals surface area contributed by atoms with Gasteiger partial charge in [-0.2, -0.15) is 0 Å². The number of hydrogen-bond donors (Lipinski definition) is 0. The Morgan fingerprint density at radius 1 is 1.42 bits per heavy atom. The SMILES string of the molecule is C=C/C=C(/C)N=C(C)N1CCC1. The van der Waals surface area contributed by atoms with Crippen LogP contribution < -0.4 is 0 Å². The Morgan fingerprint density at radius 2 is 2.08 bits per heavy atom. The average molecular weight is 164 g/mol. The molecule has 0 unspecified atom stereocenters. The van der Waals surface area contributed by atoms with Crippen LogP contribution in [0.5, 0.6) is 0 Å². The summed E-state index contributed by atoms with van der Waals surface area (Å²) in [5.41, 5.74) is 1.02. The van der Waals surface area contributed by atoms with Crippen molar-refractivity contribution in [2.75, 3.05) is 13.1 Å². The van der Waals surface area contributed by atoms with Gasteiger partial charge in [-0.05, 0) is 26.3 Å². The van der Waals surface area contributed by atoms with E-state index in [9.17, 15) is 0 Å². The highest BCUT2D eigenvalue weighted by Gasteiger charge is 2.14. The van der Waals surface area contributed by atoms with E-state index in [1.54, 1.807) is 6.08 Å². The van der Waals surface area contributed by atoms with Gasteiger partial charge in [-0.3, -0.25) is 0 Å². The predicted molar refractivity (Wildman–Crippen MR) is 53.3 cm³/mol. The van der Waals surface area contributed by atoms with Gasteiger partial charge in [0.1, 0.15) is 5.84 Å². The van der Waals surface area contributed by atoms with Crippen LogP contribution in [0.4, 0.5) is 0 Å². The number of nitrogens with zero attached hydrogens (tertiary/aromatic N) is 2. The topological polar surface area (TPSA) is 15.6 Å². The van der Waals surface area contributed by atoms with Crippen LogP contribution in [-0.2, 0) is 0 Å². The molecule has 0 radical (unpaired) electrons. The summed E-state index contributed by atoms with van der Waals surface area (Å²) in [7, 11) is 0. The highest BCUT2D eigenvalue weighted by atomic mass is 15.2. The molecule has 0 aromatic heterocycles. The Labute approximate surface area is 74.3 Å². The van der Waals surface area contributed by atoms with Crippen LogP contribution >= 0.6 is 0 Å². The fourth-order valence-corrected chi connectivity index (χ4v) is 1.17. The molecule has 0 amide bonds. The van der Waals surface area contributed by atoms with Crippen molar-refractivity contribution in [3.63, 3.8) is 0 Å². The highest BCUT2D eigenvalue weighted by molar-refractivity contribution is 5.81. The molecule has 0 spiro atoms. The molecular weight excluding hydrogens is 148 g/mol. The van der Waals surface area contributed by atoms with Crippen molar-refractivity contribution in [1.29, 1.82) is 0 Å². The number of hydrogen-bond acceptors (Lipinski definition) is 1. The first kappa shape index (κ1) is 9.04. The monoisotopic (exact) mass is 164 g/mol. The van der Waals surface area contributed by atoms with Gasteiger partial charge < -0.3 is 4.90 Å². The minimum Gasteiger partial charge on any atom is -0.360 e. The van der Waals surface area contributed by atoms with Crippen LogP contribution in [0.25, 0.3) is 0 Å². The molecule has 1 fully saturated rings. The number of likely N-dealkylation sites (tertiary alicyclic amines) is 1. The molecule has 2 heteroatoms. The Bertz CT molecular complexity index is 222. The smallest absolute Gasteiger partial charge is 0.101 e. The quantitative estimate of drug-likeness (QED) is 0.347. The van der Waals surface area contributed by atoms with E-state index in [2.05, 4.69) is 23.4 Å². The molecule has 12 heavy (non-hydrogen) atoms. The summed E-state index contributed by atoms with van der Waals surface area (Å²) < 4.78 is 0. The average Bonchev–Trinajstić information content (AvgIpc) is 1.82. The van der Waals surface area contributed by atoms with Gasteiger partial charge in [-0.15, -0.1) is 0 Å². The number of rotatable bonds is 2. The van der Waals surface area contributed by atoms with Crippen LogP contribution in [0.15, 0.2) is 29.4 Å². The summed E-state index contributed by atoms with van der Waals surface area (Å²) in [6, 6.07) is 0. The molecule has 1 aliphatic heterocycles. The first-order valence-corrected chi connectivity index (χ1v) is 4.33. The summed E-state index contributed by atoms with van der Waals surface area (Å²) in [6.07, 6.45) is 4.99. The molecule has 0 bridgehead atoms. The number of allylic oxidation sites excluding steroid dienone is 3. The van der Waals surface area contributed by atoms with E-state index in [1.165, 1.54) is 6.42 Å². The van der Waals surface area contributed by atoms with Crippen LogP contribution in [-0.4, -0.2) is 23.8 Å². The van der Waals surface area contributed by atoms with Crippen LogP contribution in [0, 0.1) is 0 Å². The molecule has 2 nitrogen and oxygen atoms in total. The van der Waals surface area contributed by atoms with E-state index in [4.69, 9.17) is 0 Å². The van der Waals surface area contributed by atoms with Crippen LogP contribution in [0.3, 0.4) is 0 Å². The standard InChI is InChI=1S/C10H16N2/c1-4-6-9(2)11-10(3)12-7-5-8-12/h4,6H,1,5,7-8H2,2-3H3/b9-6-,11-10?. The lowest BCUT2D eigenvalue weighted by atomic mass is 10.2. The highest BCUT2D eigenvalue weighted by Crippen LogP contribution is 2.08. The van der Waals surface area contributed by atoms with E-state index in [0.717, 1.165) is 24.6 Å². The zero-order valence-corrected chi connectivity index (χ0v) is 7.88. The fraction of sp³-hybridized carbons (Fsp3) is 0.500. The number of amidine groups is 1. The van der Waals surface area contributed by atoms with E-state index < -0.39 is 0 Å². The third-order valence-electron chi connectivity index (χ3n) is 2.01. The molecule has 0 aliphatic carbocycles.